The van der Waals surface area contributed by atoms with E-state index in [1.165, 1.54) is 19.3 Å². The van der Waals surface area contributed by atoms with Gasteiger partial charge in [-0.05, 0) is 39.0 Å². The van der Waals surface area contributed by atoms with Crippen LogP contribution in [0.1, 0.15) is 91.8 Å². The molecule has 3 rings (SSSR count). The first-order valence-corrected chi connectivity index (χ1v) is 11.9. The highest BCUT2D eigenvalue weighted by Gasteiger charge is 2.28. The second kappa shape index (κ2) is 11.5. The number of pyridine rings is 1. The predicted octanol–water partition coefficient (Wildman–Crippen LogP) is 3.35. The van der Waals surface area contributed by atoms with Crippen LogP contribution in [0, 0.1) is 0 Å². The summed E-state index contributed by atoms with van der Waals surface area (Å²) in [5.74, 6) is -0.646. The van der Waals surface area contributed by atoms with Crippen molar-refractivity contribution in [3.63, 3.8) is 0 Å². The van der Waals surface area contributed by atoms with Crippen LogP contribution >= 0.6 is 0 Å². The number of likely N-dealkylation sites (tertiary alicyclic amines) is 1. The lowest BCUT2D eigenvalue weighted by atomic mass is 9.96. The highest BCUT2D eigenvalue weighted by atomic mass is 16.5. The number of hydrogen-bond acceptors (Lipinski definition) is 4. The van der Waals surface area contributed by atoms with Gasteiger partial charge in [0.2, 0.25) is 5.43 Å². The van der Waals surface area contributed by atoms with E-state index >= 15 is 0 Å². The summed E-state index contributed by atoms with van der Waals surface area (Å²) in [6, 6.07) is 0.182. The van der Waals surface area contributed by atoms with Crippen molar-refractivity contribution in [2.75, 3.05) is 20.3 Å². The summed E-state index contributed by atoms with van der Waals surface area (Å²) in [6.07, 6.45) is 13.8. The van der Waals surface area contributed by atoms with Gasteiger partial charge in [0.05, 0.1) is 6.61 Å². The molecule has 0 aromatic carbocycles. The summed E-state index contributed by atoms with van der Waals surface area (Å²) in [6.45, 7) is 3.57. The summed E-state index contributed by atoms with van der Waals surface area (Å²) >= 11 is 0. The van der Waals surface area contributed by atoms with Crippen molar-refractivity contribution in [1.82, 2.24) is 14.8 Å². The predicted molar refractivity (Wildman–Crippen MR) is 121 cm³/mol. The van der Waals surface area contributed by atoms with Crippen molar-refractivity contribution in [2.45, 2.75) is 89.8 Å². The fourth-order valence-corrected chi connectivity index (χ4v) is 4.69. The highest BCUT2D eigenvalue weighted by molar-refractivity contribution is 5.99. The van der Waals surface area contributed by atoms with Gasteiger partial charge in [-0.1, -0.05) is 32.1 Å². The van der Waals surface area contributed by atoms with Crippen LogP contribution in [0.15, 0.2) is 17.2 Å². The first kappa shape index (κ1) is 23.5. The third-order valence-electron chi connectivity index (χ3n) is 6.61. The van der Waals surface area contributed by atoms with Crippen molar-refractivity contribution >= 4 is 11.8 Å². The Kier molecular flexibility index (Phi) is 8.69. The number of carbonyl (C=O) groups excluding carboxylic acids is 2. The number of aromatic nitrogens is 1. The second-order valence-corrected chi connectivity index (χ2v) is 9.00. The van der Waals surface area contributed by atoms with E-state index in [1.54, 1.807) is 29.0 Å². The lowest BCUT2D eigenvalue weighted by Gasteiger charge is -2.33. The summed E-state index contributed by atoms with van der Waals surface area (Å²) < 4.78 is 6.90. The standard InChI is InChI=1S/C24H37N3O4/c1-18-10-8-9-13-27(18)24(30)21-17-26(14-15-31-2)16-20(22(21)28)23(29)25-19-11-6-4-3-5-7-12-19/h16-19H,3-15H2,1-2H3,(H,25,29). The molecule has 1 aliphatic carbocycles. The summed E-state index contributed by atoms with van der Waals surface area (Å²) in [5.41, 5.74) is -0.344. The van der Waals surface area contributed by atoms with Gasteiger partial charge in [-0.25, -0.2) is 0 Å². The average molecular weight is 432 g/mol. The molecule has 0 radical (unpaired) electrons. The van der Waals surface area contributed by atoms with Crippen LogP contribution in [0.25, 0.3) is 0 Å². The Bertz CT molecular complexity index is 812. The molecule has 1 atom stereocenters. The Labute approximate surface area is 185 Å². The number of methoxy groups -OCH3 is 1. The van der Waals surface area contributed by atoms with Crippen molar-refractivity contribution in [3.8, 4) is 0 Å². The van der Waals surface area contributed by atoms with Crippen LogP contribution in [-0.2, 0) is 11.3 Å². The van der Waals surface area contributed by atoms with Crippen LogP contribution in [0.4, 0.5) is 0 Å². The number of carbonyl (C=O) groups is 2. The van der Waals surface area contributed by atoms with Crippen molar-refractivity contribution in [2.24, 2.45) is 0 Å². The quantitative estimate of drug-likeness (QED) is 0.749. The van der Waals surface area contributed by atoms with Gasteiger partial charge in [0.15, 0.2) is 0 Å². The normalized spacial score (nSPS) is 20.7. The highest BCUT2D eigenvalue weighted by Crippen LogP contribution is 2.19. The molecule has 2 amide bonds. The first-order valence-electron chi connectivity index (χ1n) is 11.9. The molecule has 1 aliphatic heterocycles. The van der Waals surface area contributed by atoms with E-state index in [1.807, 2.05) is 6.92 Å². The van der Waals surface area contributed by atoms with E-state index in [4.69, 9.17) is 4.74 Å². The molecule has 2 heterocycles. The third-order valence-corrected chi connectivity index (χ3v) is 6.61. The van der Waals surface area contributed by atoms with E-state index < -0.39 is 5.43 Å². The van der Waals surface area contributed by atoms with E-state index in [9.17, 15) is 14.4 Å². The van der Waals surface area contributed by atoms with Gasteiger partial charge in [-0.3, -0.25) is 14.4 Å². The minimum atomic E-state index is -0.472. The molecule has 1 saturated carbocycles. The Morgan fingerprint density at radius 1 is 1.00 bits per heavy atom. The second-order valence-electron chi connectivity index (χ2n) is 9.00. The Morgan fingerprint density at radius 2 is 1.65 bits per heavy atom. The average Bonchev–Trinajstić information content (AvgIpc) is 2.74. The van der Waals surface area contributed by atoms with Crippen LogP contribution in [-0.4, -0.2) is 53.6 Å². The topological polar surface area (TPSA) is 80.6 Å². The fourth-order valence-electron chi connectivity index (χ4n) is 4.69. The molecule has 1 saturated heterocycles. The fraction of sp³-hybridized carbons (Fsp3) is 0.708. The molecule has 7 heteroatoms. The number of hydrogen-bond donors (Lipinski definition) is 1. The van der Waals surface area contributed by atoms with E-state index in [0.717, 1.165) is 44.9 Å². The number of rotatable bonds is 6. The van der Waals surface area contributed by atoms with Crippen molar-refractivity contribution in [3.05, 3.63) is 33.7 Å². The Balaban J connectivity index is 1.87. The van der Waals surface area contributed by atoms with Crippen LogP contribution < -0.4 is 10.7 Å². The van der Waals surface area contributed by atoms with Gasteiger partial charge < -0.3 is 19.5 Å². The zero-order valence-electron chi connectivity index (χ0n) is 19.0. The molecule has 1 aromatic heterocycles. The smallest absolute Gasteiger partial charge is 0.259 e. The van der Waals surface area contributed by atoms with Crippen LogP contribution in [0.5, 0.6) is 0 Å². The third kappa shape index (κ3) is 6.19. The molecule has 1 aromatic rings. The molecule has 2 aliphatic rings. The number of ether oxygens (including phenoxy) is 1. The Morgan fingerprint density at radius 3 is 2.32 bits per heavy atom. The molecule has 172 valence electrons. The van der Waals surface area contributed by atoms with Gasteiger partial charge in [0, 0.05) is 44.7 Å². The van der Waals surface area contributed by atoms with E-state index in [-0.39, 0.29) is 35.0 Å². The lowest BCUT2D eigenvalue weighted by molar-refractivity contribution is 0.0633. The number of amides is 2. The molecule has 2 fully saturated rings. The minimum absolute atomic E-state index is 0.0497. The van der Waals surface area contributed by atoms with Gasteiger partial charge in [-0.15, -0.1) is 0 Å². The van der Waals surface area contributed by atoms with Crippen LogP contribution in [0.2, 0.25) is 0 Å². The van der Waals surface area contributed by atoms with Gasteiger partial charge in [-0.2, -0.15) is 0 Å². The summed E-state index contributed by atoms with van der Waals surface area (Å²) in [4.78, 5) is 41.4. The zero-order valence-corrected chi connectivity index (χ0v) is 19.0. The van der Waals surface area contributed by atoms with Crippen LogP contribution in [0.3, 0.4) is 0 Å². The molecule has 1 unspecified atom stereocenters. The summed E-state index contributed by atoms with van der Waals surface area (Å²) in [7, 11) is 1.60. The van der Waals surface area contributed by atoms with Crippen molar-refractivity contribution < 1.29 is 14.3 Å². The molecule has 31 heavy (non-hydrogen) atoms. The molecular formula is C24H37N3O4. The molecule has 0 bridgehead atoms. The largest absolute Gasteiger partial charge is 0.383 e. The maximum absolute atomic E-state index is 13.3. The maximum Gasteiger partial charge on any atom is 0.259 e. The van der Waals surface area contributed by atoms with E-state index in [2.05, 4.69) is 5.32 Å². The van der Waals surface area contributed by atoms with E-state index in [0.29, 0.717) is 19.7 Å². The van der Waals surface area contributed by atoms with Gasteiger partial charge in [0.25, 0.3) is 11.8 Å². The number of piperidine rings is 1. The number of nitrogens with one attached hydrogen (secondary N) is 1. The Hall–Kier alpha value is -2.15. The monoisotopic (exact) mass is 431 g/mol. The molecule has 7 nitrogen and oxygen atoms in total. The first-order chi connectivity index (χ1) is 15.0. The maximum atomic E-state index is 13.3. The molecular weight excluding hydrogens is 394 g/mol. The SMILES string of the molecule is COCCn1cc(C(=O)NC2CCCCCCC2)c(=O)c(C(=O)N2CCCCC2C)c1. The summed E-state index contributed by atoms with van der Waals surface area (Å²) in [5, 5.41) is 3.07. The van der Waals surface area contributed by atoms with Gasteiger partial charge >= 0.3 is 0 Å². The van der Waals surface area contributed by atoms with Gasteiger partial charge in [0.1, 0.15) is 11.1 Å². The molecule has 1 N–H and O–H groups in total. The van der Waals surface area contributed by atoms with Crippen molar-refractivity contribution in [1.29, 1.82) is 0 Å². The zero-order chi connectivity index (χ0) is 22.2. The minimum Gasteiger partial charge on any atom is -0.383 e. The lowest BCUT2D eigenvalue weighted by Crippen LogP contribution is -2.45. The molecule has 0 spiro atoms. The number of nitrogens with zero attached hydrogens (tertiary/aromatic N) is 2.